The molecule has 1 aromatic carbocycles. The number of carbonyl (C=O) groups is 1. The van der Waals surface area contributed by atoms with Crippen LogP contribution in [0.4, 0.5) is 13.2 Å². The maximum Gasteiger partial charge on any atom is 0.416 e. The van der Waals surface area contributed by atoms with Crippen LogP contribution < -0.4 is 5.32 Å². The maximum atomic E-state index is 13.8. The van der Waals surface area contributed by atoms with E-state index in [1.165, 1.54) is 18.3 Å². The number of aromatic nitrogens is 4. The number of aromatic amines is 1. The second-order valence-corrected chi connectivity index (χ2v) is 9.70. The number of halogens is 3. The Morgan fingerprint density at radius 2 is 1.92 bits per heavy atom. The molecule has 1 fully saturated rings. The number of pyridine rings is 2. The topological polar surface area (TPSA) is 86.8 Å². The fraction of sp³-hybridized carbons (Fsp3) is 0.333. The molecule has 1 amide bonds. The smallest absolute Gasteiger partial charge is 0.347 e. The first-order valence-corrected chi connectivity index (χ1v) is 12.1. The van der Waals surface area contributed by atoms with Crippen LogP contribution in [0.3, 0.4) is 0 Å². The largest absolute Gasteiger partial charge is 0.416 e. The lowest BCUT2D eigenvalue weighted by atomic mass is 9.90. The molecule has 10 heteroatoms. The van der Waals surface area contributed by atoms with Crippen molar-refractivity contribution < 1.29 is 18.0 Å². The molecule has 1 aliphatic rings. The highest BCUT2D eigenvalue weighted by atomic mass is 19.4. The predicted molar refractivity (Wildman–Crippen MR) is 134 cm³/mol. The zero-order chi connectivity index (χ0) is 26.3. The third-order valence-corrected chi connectivity index (χ3v) is 6.91. The van der Waals surface area contributed by atoms with E-state index in [-0.39, 0.29) is 11.6 Å². The van der Waals surface area contributed by atoms with E-state index in [0.717, 1.165) is 17.3 Å². The SMILES string of the molecule is Cc1cc(-c2n[nH]c3ncc(C(=O)N[C@@H]4CN(C(C)C)C[C@H]4c4ccccc4C(F)(F)F)cc23)ccn1. The number of H-pyrrole nitrogens is 1. The number of amides is 1. The van der Waals surface area contributed by atoms with Crippen LogP contribution >= 0.6 is 0 Å². The molecule has 5 rings (SSSR count). The molecular formula is C27H27F3N6O. The molecule has 2 N–H and O–H groups in total. The van der Waals surface area contributed by atoms with E-state index in [0.29, 0.717) is 35.4 Å². The van der Waals surface area contributed by atoms with E-state index in [2.05, 4.69) is 30.4 Å². The maximum absolute atomic E-state index is 13.8. The van der Waals surface area contributed by atoms with Gasteiger partial charge in [0, 0.05) is 60.1 Å². The highest BCUT2D eigenvalue weighted by Gasteiger charge is 2.41. The first-order chi connectivity index (χ1) is 17.6. The first-order valence-electron chi connectivity index (χ1n) is 12.1. The molecule has 0 radical (unpaired) electrons. The Balaban J connectivity index is 1.46. The van der Waals surface area contributed by atoms with Crippen LogP contribution in [0.1, 0.15) is 46.9 Å². The summed E-state index contributed by atoms with van der Waals surface area (Å²) in [5.41, 5.74) is 2.69. The van der Waals surface area contributed by atoms with Gasteiger partial charge in [0.2, 0.25) is 0 Å². The van der Waals surface area contributed by atoms with Crippen LogP contribution in [-0.2, 0) is 6.18 Å². The summed E-state index contributed by atoms with van der Waals surface area (Å²) < 4.78 is 41.4. The number of aryl methyl sites for hydroxylation is 1. The molecule has 0 spiro atoms. The van der Waals surface area contributed by atoms with Gasteiger partial charge in [-0.3, -0.25) is 19.8 Å². The summed E-state index contributed by atoms with van der Waals surface area (Å²) in [7, 11) is 0. The molecule has 1 saturated heterocycles. The monoisotopic (exact) mass is 508 g/mol. The lowest BCUT2D eigenvalue weighted by Gasteiger charge is -2.23. The van der Waals surface area contributed by atoms with Crippen molar-refractivity contribution in [2.24, 2.45) is 0 Å². The fourth-order valence-electron chi connectivity index (χ4n) is 4.99. The second kappa shape index (κ2) is 9.59. The molecule has 0 unspecified atom stereocenters. The van der Waals surface area contributed by atoms with Crippen molar-refractivity contribution in [3.63, 3.8) is 0 Å². The van der Waals surface area contributed by atoms with Crippen molar-refractivity contribution >= 4 is 16.9 Å². The Kier molecular flexibility index (Phi) is 6.45. The number of hydrogen-bond donors (Lipinski definition) is 2. The molecule has 2 atom stereocenters. The van der Waals surface area contributed by atoms with Gasteiger partial charge in [0.1, 0.15) is 5.69 Å². The number of rotatable bonds is 5. The number of carbonyl (C=O) groups excluding carboxylic acids is 1. The normalized spacial score (nSPS) is 18.6. The van der Waals surface area contributed by atoms with Gasteiger partial charge >= 0.3 is 6.18 Å². The summed E-state index contributed by atoms with van der Waals surface area (Å²) in [6.45, 7) is 6.74. The van der Waals surface area contributed by atoms with Gasteiger partial charge in [0.15, 0.2) is 5.65 Å². The minimum Gasteiger partial charge on any atom is -0.347 e. The van der Waals surface area contributed by atoms with Crippen molar-refractivity contribution in [3.05, 3.63) is 77.2 Å². The van der Waals surface area contributed by atoms with E-state index in [1.807, 2.05) is 32.9 Å². The third kappa shape index (κ3) is 4.93. The van der Waals surface area contributed by atoms with E-state index < -0.39 is 29.6 Å². The summed E-state index contributed by atoms with van der Waals surface area (Å²) >= 11 is 0. The molecule has 3 aromatic heterocycles. The van der Waals surface area contributed by atoms with Crippen LogP contribution in [0.2, 0.25) is 0 Å². The number of alkyl halides is 3. The van der Waals surface area contributed by atoms with Crippen molar-refractivity contribution in [2.45, 2.75) is 44.9 Å². The van der Waals surface area contributed by atoms with Gasteiger partial charge in [-0.25, -0.2) is 4.98 Å². The minimum absolute atomic E-state index is 0.123. The Morgan fingerprint density at radius 1 is 1.14 bits per heavy atom. The number of fused-ring (bicyclic) bond motifs is 1. The van der Waals surface area contributed by atoms with Crippen molar-refractivity contribution in [3.8, 4) is 11.3 Å². The Morgan fingerprint density at radius 3 is 2.65 bits per heavy atom. The average Bonchev–Trinajstić information content (AvgIpc) is 3.47. The van der Waals surface area contributed by atoms with Gasteiger partial charge in [-0.2, -0.15) is 18.3 Å². The van der Waals surface area contributed by atoms with Crippen molar-refractivity contribution in [1.82, 2.24) is 30.4 Å². The Bertz CT molecular complexity index is 1450. The molecule has 7 nitrogen and oxygen atoms in total. The fourth-order valence-corrected chi connectivity index (χ4v) is 4.99. The van der Waals surface area contributed by atoms with Gasteiger partial charge < -0.3 is 5.32 Å². The molecular weight excluding hydrogens is 481 g/mol. The van der Waals surface area contributed by atoms with Gasteiger partial charge in [0.05, 0.1) is 11.1 Å². The van der Waals surface area contributed by atoms with Gasteiger partial charge in [-0.1, -0.05) is 18.2 Å². The molecule has 0 bridgehead atoms. The lowest BCUT2D eigenvalue weighted by Crippen LogP contribution is -2.40. The van der Waals surface area contributed by atoms with Gasteiger partial charge in [-0.05, 0) is 50.6 Å². The Hall–Kier alpha value is -3.79. The molecule has 192 valence electrons. The number of likely N-dealkylation sites (tertiary alicyclic amines) is 1. The number of benzene rings is 1. The summed E-state index contributed by atoms with van der Waals surface area (Å²) in [5.74, 6) is -0.900. The van der Waals surface area contributed by atoms with Crippen LogP contribution in [-0.4, -0.2) is 56.1 Å². The van der Waals surface area contributed by atoms with Crippen LogP contribution in [0.25, 0.3) is 22.3 Å². The molecule has 1 aliphatic heterocycles. The standard InChI is InChI=1S/C27H27F3N6O/c1-15(2)36-13-21(19-6-4-5-7-22(19)27(28,29)30)23(14-36)33-26(37)18-11-20-24(34-35-25(20)32-12-18)17-8-9-31-16(3)10-17/h4-12,15,21,23H,13-14H2,1-3H3,(H,33,37)(H,32,34,35)/t21-,23+/m0/s1. The molecule has 4 aromatic rings. The highest BCUT2D eigenvalue weighted by Crippen LogP contribution is 2.39. The van der Waals surface area contributed by atoms with Crippen LogP contribution in [0.5, 0.6) is 0 Å². The Labute approximate surface area is 212 Å². The summed E-state index contributed by atoms with van der Waals surface area (Å²) in [4.78, 5) is 24.0. The number of nitrogens with zero attached hydrogens (tertiary/aromatic N) is 4. The van der Waals surface area contributed by atoms with Crippen molar-refractivity contribution in [2.75, 3.05) is 13.1 Å². The molecule has 0 saturated carbocycles. The van der Waals surface area contributed by atoms with Gasteiger partial charge in [0.25, 0.3) is 5.91 Å². The minimum atomic E-state index is -4.48. The average molecular weight is 509 g/mol. The highest BCUT2D eigenvalue weighted by molar-refractivity contribution is 6.00. The molecule has 4 heterocycles. The van der Waals surface area contributed by atoms with Crippen LogP contribution in [0.15, 0.2) is 54.9 Å². The van der Waals surface area contributed by atoms with E-state index in [4.69, 9.17) is 0 Å². The van der Waals surface area contributed by atoms with Crippen LogP contribution in [0, 0.1) is 6.92 Å². The van der Waals surface area contributed by atoms with E-state index >= 15 is 0 Å². The molecule has 37 heavy (non-hydrogen) atoms. The summed E-state index contributed by atoms with van der Waals surface area (Å²) in [6.07, 6.45) is -1.34. The number of nitrogens with one attached hydrogen (secondary N) is 2. The van der Waals surface area contributed by atoms with E-state index in [9.17, 15) is 18.0 Å². The van der Waals surface area contributed by atoms with Gasteiger partial charge in [-0.15, -0.1) is 0 Å². The predicted octanol–water partition coefficient (Wildman–Crippen LogP) is 4.95. The first kappa shape index (κ1) is 24.9. The quantitative estimate of drug-likeness (QED) is 0.398. The van der Waals surface area contributed by atoms with E-state index in [1.54, 1.807) is 18.3 Å². The number of hydrogen-bond acceptors (Lipinski definition) is 5. The summed E-state index contributed by atoms with van der Waals surface area (Å²) in [5, 5.41) is 10.9. The van der Waals surface area contributed by atoms with Crippen molar-refractivity contribution in [1.29, 1.82) is 0 Å². The second-order valence-electron chi connectivity index (χ2n) is 9.70. The zero-order valence-electron chi connectivity index (χ0n) is 20.7. The summed E-state index contributed by atoms with van der Waals surface area (Å²) in [6, 6.07) is 10.7. The molecule has 0 aliphatic carbocycles. The lowest BCUT2D eigenvalue weighted by molar-refractivity contribution is -0.138. The zero-order valence-corrected chi connectivity index (χ0v) is 20.7. The third-order valence-electron chi connectivity index (χ3n) is 6.91.